The van der Waals surface area contributed by atoms with Crippen molar-refractivity contribution in [2.45, 2.75) is 0 Å². The highest BCUT2D eigenvalue weighted by Crippen LogP contribution is 2.27. The number of ether oxygens (including phenoxy) is 1. The van der Waals surface area contributed by atoms with Gasteiger partial charge in [-0.05, 0) is 42.5 Å². The van der Waals surface area contributed by atoms with Crippen LogP contribution in [0, 0.1) is 11.3 Å². The van der Waals surface area contributed by atoms with Gasteiger partial charge in [0.1, 0.15) is 6.54 Å². The highest BCUT2D eigenvalue weighted by atomic mass is 35.5. The summed E-state index contributed by atoms with van der Waals surface area (Å²) < 4.78 is 5.41. The number of anilines is 3. The van der Waals surface area contributed by atoms with Gasteiger partial charge in [0.05, 0.1) is 25.0 Å². The Labute approximate surface area is 204 Å². The van der Waals surface area contributed by atoms with Gasteiger partial charge in [0.15, 0.2) is 0 Å². The van der Waals surface area contributed by atoms with E-state index in [0.717, 1.165) is 43.2 Å². The third-order valence-corrected chi connectivity index (χ3v) is 5.12. The molecule has 0 atom stereocenters. The van der Waals surface area contributed by atoms with Crippen LogP contribution in [-0.4, -0.2) is 48.7 Å². The predicted octanol–water partition coefficient (Wildman–Crippen LogP) is 3.58. The summed E-state index contributed by atoms with van der Waals surface area (Å²) in [7, 11) is 0. The van der Waals surface area contributed by atoms with Crippen molar-refractivity contribution in [2.75, 3.05) is 42.6 Å². The van der Waals surface area contributed by atoms with Crippen LogP contribution in [0.3, 0.4) is 0 Å². The zero-order valence-corrected chi connectivity index (χ0v) is 19.4. The van der Waals surface area contributed by atoms with Crippen LogP contribution in [0.15, 0.2) is 60.8 Å². The fourth-order valence-corrected chi connectivity index (χ4v) is 3.46. The average molecular weight is 487 g/mol. The number of rotatable bonds is 6. The third-order valence-electron chi connectivity index (χ3n) is 5.12. The molecule has 8 nitrogen and oxygen atoms in total. The first kappa shape index (κ1) is 25.9. The maximum Gasteiger partial charge on any atom is 0.248 e. The van der Waals surface area contributed by atoms with Crippen molar-refractivity contribution >= 4 is 48.0 Å². The summed E-state index contributed by atoms with van der Waals surface area (Å²) in [5.74, 6) is -0.0483. The highest BCUT2D eigenvalue weighted by Gasteiger charge is 2.15. The predicted molar refractivity (Wildman–Crippen MR) is 133 cm³/mol. The van der Waals surface area contributed by atoms with E-state index in [1.807, 2.05) is 24.3 Å². The minimum Gasteiger partial charge on any atom is -0.378 e. The maximum absolute atomic E-state index is 11.3. The molecular formula is C23H24Cl2N6O2. The molecule has 4 rings (SSSR count). The molecule has 0 saturated carbocycles. The van der Waals surface area contributed by atoms with Crippen LogP contribution in [0.4, 0.5) is 17.3 Å². The Morgan fingerprint density at radius 3 is 2.33 bits per heavy atom. The van der Waals surface area contributed by atoms with Crippen LogP contribution in [-0.2, 0) is 4.74 Å². The number of carbonyl (C=O) groups excluding carboxylic acids is 1. The summed E-state index contributed by atoms with van der Waals surface area (Å²) in [4.78, 5) is 24.4. The molecular weight excluding hydrogens is 463 g/mol. The molecule has 33 heavy (non-hydrogen) atoms. The second-order valence-electron chi connectivity index (χ2n) is 7.04. The van der Waals surface area contributed by atoms with Gasteiger partial charge in [0.25, 0.3) is 0 Å². The summed E-state index contributed by atoms with van der Waals surface area (Å²) in [6.07, 6.45) is 1.66. The van der Waals surface area contributed by atoms with Gasteiger partial charge in [-0.2, -0.15) is 5.26 Å². The van der Waals surface area contributed by atoms with Crippen LogP contribution in [0.25, 0.3) is 11.3 Å². The topological polar surface area (TPSA) is 108 Å². The lowest BCUT2D eigenvalue weighted by molar-refractivity contribution is 0.100. The van der Waals surface area contributed by atoms with E-state index < -0.39 is 5.91 Å². The number of nitrogens with zero attached hydrogens (tertiary/aromatic N) is 5. The highest BCUT2D eigenvalue weighted by molar-refractivity contribution is 5.93. The summed E-state index contributed by atoms with van der Waals surface area (Å²) in [5, 5.41) is 9.37. The summed E-state index contributed by atoms with van der Waals surface area (Å²) in [5.41, 5.74) is 9.21. The summed E-state index contributed by atoms with van der Waals surface area (Å²) >= 11 is 0. The second-order valence-corrected chi connectivity index (χ2v) is 7.04. The van der Waals surface area contributed by atoms with E-state index in [0.29, 0.717) is 17.2 Å². The Kier molecular flexibility index (Phi) is 9.43. The maximum atomic E-state index is 11.3. The number of hydrogen-bond acceptors (Lipinski definition) is 7. The van der Waals surface area contributed by atoms with E-state index in [-0.39, 0.29) is 31.4 Å². The summed E-state index contributed by atoms with van der Waals surface area (Å²) in [6, 6.07) is 18.9. The molecule has 10 heteroatoms. The van der Waals surface area contributed by atoms with Gasteiger partial charge < -0.3 is 15.4 Å². The molecule has 1 fully saturated rings. The Morgan fingerprint density at radius 1 is 1.06 bits per heavy atom. The van der Waals surface area contributed by atoms with E-state index in [9.17, 15) is 10.1 Å². The molecule has 1 amide bonds. The SMILES string of the molecule is Cl.Cl.N#CCN(c1ccc(N2CCOCC2)cc1)c1nccc(-c2ccc(C(N)=O)cc2)n1. The van der Waals surface area contributed by atoms with Crippen molar-refractivity contribution in [3.63, 3.8) is 0 Å². The Bertz CT molecular complexity index is 1100. The Hall–Kier alpha value is -3.38. The Morgan fingerprint density at radius 2 is 1.73 bits per heavy atom. The lowest BCUT2D eigenvalue weighted by Crippen LogP contribution is -2.36. The summed E-state index contributed by atoms with van der Waals surface area (Å²) in [6.45, 7) is 3.29. The lowest BCUT2D eigenvalue weighted by atomic mass is 10.1. The molecule has 2 N–H and O–H groups in total. The van der Waals surface area contributed by atoms with Crippen molar-refractivity contribution < 1.29 is 9.53 Å². The minimum atomic E-state index is -0.476. The zero-order chi connectivity index (χ0) is 21.6. The number of nitriles is 1. The molecule has 1 aliphatic rings. The molecule has 0 bridgehead atoms. The van der Waals surface area contributed by atoms with Crippen LogP contribution >= 0.6 is 24.8 Å². The van der Waals surface area contributed by atoms with Crippen molar-refractivity contribution in [1.29, 1.82) is 5.26 Å². The fourth-order valence-electron chi connectivity index (χ4n) is 3.46. The van der Waals surface area contributed by atoms with Gasteiger partial charge in [0, 0.05) is 41.8 Å². The number of benzene rings is 2. The molecule has 1 aromatic heterocycles. The van der Waals surface area contributed by atoms with Crippen LogP contribution in [0.1, 0.15) is 10.4 Å². The van der Waals surface area contributed by atoms with Crippen LogP contribution < -0.4 is 15.5 Å². The van der Waals surface area contributed by atoms with Crippen molar-refractivity contribution in [1.82, 2.24) is 9.97 Å². The van der Waals surface area contributed by atoms with Gasteiger partial charge in [-0.1, -0.05) is 12.1 Å². The van der Waals surface area contributed by atoms with Gasteiger partial charge in [-0.15, -0.1) is 24.8 Å². The third kappa shape index (κ3) is 6.11. The van der Waals surface area contributed by atoms with E-state index in [1.165, 1.54) is 0 Å². The van der Waals surface area contributed by atoms with Crippen molar-refractivity contribution in [2.24, 2.45) is 5.73 Å². The quantitative estimate of drug-likeness (QED) is 0.530. The smallest absolute Gasteiger partial charge is 0.248 e. The number of amides is 1. The normalized spacial score (nSPS) is 12.6. The fraction of sp³-hybridized carbons (Fsp3) is 0.217. The van der Waals surface area contributed by atoms with Gasteiger partial charge in [-0.25, -0.2) is 9.97 Å². The minimum absolute atomic E-state index is 0. The molecule has 3 aromatic rings. The molecule has 0 unspecified atom stereocenters. The molecule has 2 heterocycles. The number of aromatic nitrogens is 2. The van der Waals surface area contributed by atoms with Crippen LogP contribution in [0.2, 0.25) is 0 Å². The second kappa shape index (κ2) is 12.0. The first-order chi connectivity index (χ1) is 15.2. The van der Waals surface area contributed by atoms with Crippen molar-refractivity contribution in [3.05, 3.63) is 66.4 Å². The van der Waals surface area contributed by atoms with Crippen LogP contribution in [0.5, 0.6) is 0 Å². The molecule has 0 aliphatic carbocycles. The number of halogens is 2. The first-order valence-electron chi connectivity index (χ1n) is 9.96. The molecule has 0 spiro atoms. The van der Waals surface area contributed by atoms with Gasteiger partial charge in [0.2, 0.25) is 11.9 Å². The molecule has 1 saturated heterocycles. The average Bonchev–Trinajstić information content (AvgIpc) is 2.83. The van der Waals surface area contributed by atoms with E-state index >= 15 is 0 Å². The number of nitrogens with two attached hydrogens (primary N) is 1. The number of hydrogen-bond donors (Lipinski definition) is 1. The largest absolute Gasteiger partial charge is 0.378 e. The van der Waals surface area contributed by atoms with E-state index in [1.54, 1.807) is 41.4 Å². The standard InChI is InChI=1S/C23H22N6O2.2ClH/c24-10-12-29(20-7-5-19(6-8-20)28-13-15-31-16-14-28)23-26-11-9-21(27-23)17-1-3-18(4-2-17)22(25)30;;/h1-9,11H,12-16H2,(H2,25,30);2*1H. The number of morpholine rings is 1. The molecule has 2 aromatic carbocycles. The first-order valence-corrected chi connectivity index (χ1v) is 9.96. The van der Waals surface area contributed by atoms with Gasteiger partial charge >= 0.3 is 0 Å². The van der Waals surface area contributed by atoms with Gasteiger partial charge in [-0.3, -0.25) is 9.69 Å². The molecule has 172 valence electrons. The van der Waals surface area contributed by atoms with E-state index in [2.05, 4.69) is 20.9 Å². The number of primary amides is 1. The number of carbonyl (C=O) groups is 1. The monoisotopic (exact) mass is 486 g/mol. The van der Waals surface area contributed by atoms with Crippen molar-refractivity contribution in [3.8, 4) is 17.3 Å². The lowest BCUT2D eigenvalue weighted by Gasteiger charge is -2.29. The van der Waals surface area contributed by atoms with E-state index in [4.69, 9.17) is 10.5 Å². The zero-order valence-electron chi connectivity index (χ0n) is 17.8. The molecule has 0 radical (unpaired) electrons. The molecule has 1 aliphatic heterocycles. The Balaban J connectivity index is 0.00000193.